The lowest BCUT2D eigenvalue weighted by atomic mass is 9.93. The molecular weight excluding hydrogens is 184 g/mol. The van der Waals surface area contributed by atoms with Crippen LogP contribution in [-0.2, 0) is 0 Å². The molecular formula is C13H28N2. The Kier molecular flexibility index (Phi) is 4.60. The maximum Gasteiger partial charge on any atom is 0.0331 e. The molecule has 1 saturated carbocycles. The first-order valence-electron chi connectivity index (χ1n) is 6.45. The second-order valence-corrected chi connectivity index (χ2v) is 5.67. The summed E-state index contributed by atoms with van der Waals surface area (Å²) in [6.45, 7) is 8.98. The Morgan fingerprint density at radius 1 is 1.53 bits per heavy atom. The SMILES string of the molecule is CCC(C)CN(C)C1(CN)CCC(C)C1. The summed E-state index contributed by atoms with van der Waals surface area (Å²) in [6.07, 6.45) is 5.19. The van der Waals surface area contributed by atoms with Gasteiger partial charge in [-0.05, 0) is 38.1 Å². The van der Waals surface area contributed by atoms with E-state index in [1.807, 2.05) is 0 Å². The molecule has 0 radical (unpaired) electrons. The molecule has 1 rings (SSSR count). The molecule has 2 nitrogen and oxygen atoms in total. The number of hydrogen-bond acceptors (Lipinski definition) is 2. The molecule has 0 bridgehead atoms. The Balaban J connectivity index is 2.57. The Morgan fingerprint density at radius 3 is 2.60 bits per heavy atom. The van der Waals surface area contributed by atoms with E-state index in [9.17, 15) is 0 Å². The lowest BCUT2D eigenvalue weighted by molar-refractivity contribution is 0.109. The standard InChI is InChI=1S/C13H28N2/c1-5-11(2)9-15(4)13(10-14)7-6-12(3)8-13/h11-12H,5-10,14H2,1-4H3. The van der Waals surface area contributed by atoms with Crippen molar-refractivity contribution in [2.75, 3.05) is 20.1 Å². The zero-order valence-corrected chi connectivity index (χ0v) is 10.9. The van der Waals surface area contributed by atoms with Gasteiger partial charge >= 0.3 is 0 Å². The number of nitrogens with two attached hydrogens (primary N) is 1. The minimum Gasteiger partial charge on any atom is -0.329 e. The van der Waals surface area contributed by atoms with Crippen LogP contribution in [0.1, 0.15) is 46.5 Å². The maximum atomic E-state index is 6.01. The molecule has 15 heavy (non-hydrogen) atoms. The van der Waals surface area contributed by atoms with Gasteiger partial charge in [-0.2, -0.15) is 0 Å². The highest BCUT2D eigenvalue weighted by Crippen LogP contribution is 2.37. The van der Waals surface area contributed by atoms with Crippen LogP contribution in [0.25, 0.3) is 0 Å². The van der Waals surface area contributed by atoms with Crippen molar-refractivity contribution in [3.63, 3.8) is 0 Å². The summed E-state index contributed by atoms with van der Waals surface area (Å²) >= 11 is 0. The van der Waals surface area contributed by atoms with Gasteiger partial charge in [0.15, 0.2) is 0 Å². The van der Waals surface area contributed by atoms with Crippen molar-refractivity contribution in [1.82, 2.24) is 4.90 Å². The van der Waals surface area contributed by atoms with E-state index < -0.39 is 0 Å². The molecule has 2 heteroatoms. The summed E-state index contributed by atoms with van der Waals surface area (Å²) in [5.41, 5.74) is 6.32. The van der Waals surface area contributed by atoms with Crippen LogP contribution >= 0.6 is 0 Å². The fraction of sp³-hybridized carbons (Fsp3) is 1.00. The van der Waals surface area contributed by atoms with Gasteiger partial charge in [0.25, 0.3) is 0 Å². The van der Waals surface area contributed by atoms with Crippen LogP contribution in [0.15, 0.2) is 0 Å². The second kappa shape index (κ2) is 5.31. The lowest BCUT2D eigenvalue weighted by Crippen LogP contribution is -2.51. The molecule has 0 aromatic heterocycles. The molecule has 1 fully saturated rings. The van der Waals surface area contributed by atoms with Crippen molar-refractivity contribution in [2.24, 2.45) is 17.6 Å². The average Bonchev–Trinajstić information content (AvgIpc) is 2.61. The van der Waals surface area contributed by atoms with E-state index in [0.717, 1.165) is 18.4 Å². The Hall–Kier alpha value is -0.0800. The van der Waals surface area contributed by atoms with E-state index in [-0.39, 0.29) is 0 Å². The summed E-state index contributed by atoms with van der Waals surface area (Å²) in [5, 5.41) is 0. The summed E-state index contributed by atoms with van der Waals surface area (Å²) < 4.78 is 0. The lowest BCUT2D eigenvalue weighted by Gasteiger charge is -2.39. The van der Waals surface area contributed by atoms with Crippen LogP contribution in [0.5, 0.6) is 0 Å². The topological polar surface area (TPSA) is 29.3 Å². The predicted molar refractivity (Wildman–Crippen MR) is 66.9 cm³/mol. The van der Waals surface area contributed by atoms with Crippen molar-refractivity contribution < 1.29 is 0 Å². The normalized spacial score (nSPS) is 33.6. The average molecular weight is 212 g/mol. The summed E-state index contributed by atoms with van der Waals surface area (Å²) in [7, 11) is 2.26. The summed E-state index contributed by atoms with van der Waals surface area (Å²) in [6, 6.07) is 0. The van der Waals surface area contributed by atoms with Crippen molar-refractivity contribution in [3.8, 4) is 0 Å². The quantitative estimate of drug-likeness (QED) is 0.758. The molecule has 0 saturated heterocycles. The third-order valence-corrected chi connectivity index (χ3v) is 4.30. The molecule has 0 spiro atoms. The molecule has 1 aliphatic carbocycles. The molecule has 3 unspecified atom stereocenters. The van der Waals surface area contributed by atoms with Gasteiger partial charge in [-0.1, -0.05) is 27.2 Å². The van der Waals surface area contributed by atoms with Gasteiger partial charge in [-0.3, -0.25) is 4.90 Å². The first-order valence-corrected chi connectivity index (χ1v) is 6.45. The van der Waals surface area contributed by atoms with Crippen molar-refractivity contribution in [1.29, 1.82) is 0 Å². The van der Waals surface area contributed by atoms with Crippen molar-refractivity contribution >= 4 is 0 Å². The molecule has 1 aliphatic rings. The van der Waals surface area contributed by atoms with E-state index in [1.54, 1.807) is 0 Å². The van der Waals surface area contributed by atoms with E-state index in [4.69, 9.17) is 5.73 Å². The van der Waals surface area contributed by atoms with Gasteiger partial charge in [0.05, 0.1) is 0 Å². The third kappa shape index (κ3) is 2.94. The van der Waals surface area contributed by atoms with Crippen molar-refractivity contribution in [2.45, 2.75) is 52.0 Å². The van der Waals surface area contributed by atoms with Crippen LogP contribution in [-0.4, -0.2) is 30.6 Å². The highest BCUT2D eigenvalue weighted by Gasteiger charge is 2.39. The zero-order valence-electron chi connectivity index (χ0n) is 10.9. The van der Waals surface area contributed by atoms with Gasteiger partial charge in [0.2, 0.25) is 0 Å². The first-order chi connectivity index (χ1) is 7.04. The van der Waals surface area contributed by atoms with E-state index in [2.05, 4.69) is 32.7 Å². The number of nitrogens with zero attached hydrogens (tertiary/aromatic N) is 1. The van der Waals surface area contributed by atoms with Gasteiger partial charge in [0, 0.05) is 18.6 Å². The Labute approximate surface area is 95.2 Å². The molecule has 90 valence electrons. The van der Waals surface area contributed by atoms with Crippen LogP contribution in [0, 0.1) is 11.8 Å². The molecule has 3 atom stereocenters. The van der Waals surface area contributed by atoms with Crippen LogP contribution in [0.2, 0.25) is 0 Å². The molecule has 0 aromatic carbocycles. The van der Waals surface area contributed by atoms with Gasteiger partial charge < -0.3 is 5.73 Å². The Bertz CT molecular complexity index is 193. The van der Waals surface area contributed by atoms with Gasteiger partial charge in [-0.25, -0.2) is 0 Å². The summed E-state index contributed by atoms with van der Waals surface area (Å²) in [4.78, 5) is 2.53. The number of hydrogen-bond donors (Lipinski definition) is 1. The second-order valence-electron chi connectivity index (χ2n) is 5.67. The smallest absolute Gasteiger partial charge is 0.0331 e. The molecule has 0 amide bonds. The third-order valence-electron chi connectivity index (χ3n) is 4.30. The van der Waals surface area contributed by atoms with Crippen LogP contribution in [0.3, 0.4) is 0 Å². The van der Waals surface area contributed by atoms with E-state index >= 15 is 0 Å². The van der Waals surface area contributed by atoms with E-state index in [1.165, 1.54) is 32.2 Å². The molecule has 0 aromatic rings. The predicted octanol–water partition coefficient (Wildman–Crippen LogP) is 2.48. The molecule has 0 heterocycles. The van der Waals surface area contributed by atoms with Gasteiger partial charge in [-0.15, -0.1) is 0 Å². The molecule has 2 N–H and O–H groups in total. The minimum absolute atomic E-state index is 0.308. The summed E-state index contributed by atoms with van der Waals surface area (Å²) in [5.74, 6) is 1.64. The number of rotatable bonds is 5. The highest BCUT2D eigenvalue weighted by molar-refractivity contribution is 4.97. The number of likely N-dealkylation sites (N-methyl/N-ethyl adjacent to an activating group) is 1. The fourth-order valence-electron chi connectivity index (χ4n) is 2.85. The van der Waals surface area contributed by atoms with Crippen LogP contribution < -0.4 is 5.73 Å². The van der Waals surface area contributed by atoms with Crippen molar-refractivity contribution in [3.05, 3.63) is 0 Å². The first kappa shape index (κ1) is 13.0. The molecule has 0 aliphatic heterocycles. The van der Waals surface area contributed by atoms with E-state index in [0.29, 0.717) is 5.54 Å². The largest absolute Gasteiger partial charge is 0.329 e. The highest BCUT2D eigenvalue weighted by atomic mass is 15.2. The fourth-order valence-corrected chi connectivity index (χ4v) is 2.85. The maximum absolute atomic E-state index is 6.01. The van der Waals surface area contributed by atoms with Gasteiger partial charge in [0.1, 0.15) is 0 Å². The zero-order chi connectivity index (χ0) is 11.5. The minimum atomic E-state index is 0.308. The monoisotopic (exact) mass is 212 g/mol. The Morgan fingerprint density at radius 2 is 2.20 bits per heavy atom. The van der Waals surface area contributed by atoms with Crippen LogP contribution in [0.4, 0.5) is 0 Å².